The molecule has 180 valence electrons. The number of nitrogens with zero attached hydrogens (tertiary/aromatic N) is 1. The summed E-state index contributed by atoms with van der Waals surface area (Å²) in [4.78, 5) is 56.8. The zero-order valence-electron chi connectivity index (χ0n) is 18.2. The number of carbonyl (C=O) groups excluding carboxylic acids is 4. The maximum Gasteiger partial charge on any atom is 0.303 e. The highest BCUT2D eigenvalue weighted by molar-refractivity contribution is 5.68. The van der Waals surface area contributed by atoms with E-state index in [4.69, 9.17) is 28.4 Å². The number of hydrogen-bond donors (Lipinski definition) is 0. The van der Waals surface area contributed by atoms with Crippen molar-refractivity contribution in [3.63, 3.8) is 0 Å². The fraction of sp³-hybridized carbons (Fsp3) is 0.500. The molecule has 1 aliphatic heterocycles. The number of ether oxygens (including phenoxy) is 6. The van der Waals surface area contributed by atoms with Crippen LogP contribution < -0.4 is 4.74 Å². The molecule has 1 fully saturated rings. The van der Waals surface area contributed by atoms with E-state index in [0.717, 1.165) is 27.7 Å². The normalized spacial score (nSPS) is 24.2. The van der Waals surface area contributed by atoms with Crippen LogP contribution in [0, 0.1) is 10.1 Å². The molecule has 5 atom stereocenters. The van der Waals surface area contributed by atoms with Crippen LogP contribution in [-0.2, 0) is 42.9 Å². The number of esters is 4. The van der Waals surface area contributed by atoms with E-state index < -0.39 is 66.1 Å². The van der Waals surface area contributed by atoms with Gasteiger partial charge in [-0.15, -0.1) is 0 Å². The van der Waals surface area contributed by atoms with Gasteiger partial charge in [-0.2, -0.15) is 0 Å². The summed E-state index contributed by atoms with van der Waals surface area (Å²) < 4.78 is 32.3. The molecule has 13 heteroatoms. The van der Waals surface area contributed by atoms with Gasteiger partial charge in [0.05, 0.1) is 4.92 Å². The van der Waals surface area contributed by atoms with Crippen LogP contribution in [0.3, 0.4) is 0 Å². The molecule has 0 bridgehead atoms. The fourth-order valence-electron chi connectivity index (χ4n) is 3.06. The molecule has 0 saturated carbocycles. The first kappa shape index (κ1) is 25.5. The van der Waals surface area contributed by atoms with Crippen molar-refractivity contribution in [1.29, 1.82) is 0 Å². The van der Waals surface area contributed by atoms with Gasteiger partial charge in [0.25, 0.3) is 5.69 Å². The Kier molecular flexibility index (Phi) is 8.68. The van der Waals surface area contributed by atoms with Crippen molar-refractivity contribution in [2.45, 2.75) is 58.4 Å². The van der Waals surface area contributed by atoms with Crippen LogP contribution in [0.1, 0.15) is 27.7 Å². The summed E-state index contributed by atoms with van der Waals surface area (Å²) in [5, 5.41) is 10.9. The lowest BCUT2D eigenvalue weighted by molar-refractivity contribution is -0.384. The molecular formula is C20H23NO12. The van der Waals surface area contributed by atoms with E-state index >= 15 is 0 Å². The summed E-state index contributed by atoms with van der Waals surface area (Å²) in [5.74, 6) is -2.87. The van der Waals surface area contributed by atoms with Crippen LogP contribution in [0.5, 0.6) is 5.75 Å². The molecule has 0 aromatic heterocycles. The van der Waals surface area contributed by atoms with Gasteiger partial charge in [-0.25, -0.2) is 0 Å². The topological polar surface area (TPSA) is 167 Å². The number of benzene rings is 1. The predicted octanol–water partition coefficient (Wildman–Crippen LogP) is 1.06. The molecule has 2 rings (SSSR count). The van der Waals surface area contributed by atoms with Crippen molar-refractivity contribution in [3.8, 4) is 5.75 Å². The molecule has 0 radical (unpaired) electrons. The molecule has 33 heavy (non-hydrogen) atoms. The quantitative estimate of drug-likeness (QED) is 0.230. The van der Waals surface area contributed by atoms with E-state index in [1.54, 1.807) is 0 Å². The highest BCUT2D eigenvalue weighted by atomic mass is 16.7. The lowest BCUT2D eigenvalue weighted by Crippen LogP contribution is -2.63. The van der Waals surface area contributed by atoms with Gasteiger partial charge in [-0.05, 0) is 12.1 Å². The molecule has 0 aliphatic carbocycles. The average molecular weight is 469 g/mol. The van der Waals surface area contributed by atoms with Crippen molar-refractivity contribution in [2.24, 2.45) is 0 Å². The summed E-state index contributed by atoms with van der Waals surface area (Å²) in [5.41, 5.74) is -0.191. The van der Waals surface area contributed by atoms with Crippen molar-refractivity contribution in [2.75, 3.05) is 6.61 Å². The maximum atomic E-state index is 11.8. The maximum absolute atomic E-state index is 11.8. The van der Waals surface area contributed by atoms with Crippen LogP contribution in [0.2, 0.25) is 0 Å². The Hall–Kier alpha value is -3.74. The number of hydrogen-bond acceptors (Lipinski definition) is 12. The Balaban J connectivity index is 2.43. The molecule has 1 aromatic carbocycles. The van der Waals surface area contributed by atoms with Crippen molar-refractivity contribution < 1.29 is 52.5 Å². The number of rotatable bonds is 8. The van der Waals surface area contributed by atoms with E-state index in [1.807, 2.05) is 0 Å². The van der Waals surface area contributed by atoms with Crippen LogP contribution >= 0.6 is 0 Å². The lowest BCUT2D eigenvalue weighted by Gasteiger charge is -2.43. The lowest BCUT2D eigenvalue weighted by atomic mass is 9.98. The minimum atomic E-state index is -1.42. The van der Waals surface area contributed by atoms with Gasteiger partial charge in [0.15, 0.2) is 12.2 Å². The van der Waals surface area contributed by atoms with Gasteiger partial charge in [0.1, 0.15) is 18.5 Å². The van der Waals surface area contributed by atoms with Crippen LogP contribution in [0.25, 0.3) is 0 Å². The third-order valence-corrected chi connectivity index (χ3v) is 4.25. The summed E-state index contributed by atoms with van der Waals surface area (Å²) in [6, 6.07) is 4.93. The minimum absolute atomic E-state index is 0.0986. The average Bonchev–Trinajstić information content (AvgIpc) is 2.70. The molecule has 0 amide bonds. The molecule has 1 aliphatic rings. The van der Waals surface area contributed by atoms with E-state index in [0.29, 0.717) is 0 Å². The minimum Gasteiger partial charge on any atom is -0.463 e. The van der Waals surface area contributed by atoms with Gasteiger partial charge in [-0.3, -0.25) is 29.3 Å². The van der Waals surface area contributed by atoms with Gasteiger partial charge >= 0.3 is 23.9 Å². The Bertz CT molecular complexity index is 899. The summed E-state index contributed by atoms with van der Waals surface area (Å²) >= 11 is 0. The second-order valence-electron chi connectivity index (χ2n) is 6.94. The number of nitro groups is 1. The van der Waals surface area contributed by atoms with E-state index in [1.165, 1.54) is 24.3 Å². The summed E-state index contributed by atoms with van der Waals surface area (Å²) in [6.45, 7) is 4.05. The smallest absolute Gasteiger partial charge is 0.303 e. The fourth-order valence-corrected chi connectivity index (χ4v) is 3.06. The first-order valence-electron chi connectivity index (χ1n) is 9.69. The Labute approximate surface area is 188 Å². The van der Waals surface area contributed by atoms with Gasteiger partial charge in [0.2, 0.25) is 12.4 Å². The van der Waals surface area contributed by atoms with Gasteiger partial charge < -0.3 is 28.4 Å². The van der Waals surface area contributed by atoms with Crippen LogP contribution in [-0.4, -0.2) is 66.1 Å². The molecule has 0 N–H and O–H groups in total. The highest BCUT2D eigenvalue weighted by Gasteiger charge is 2.53. The Morgan fingerprint density at radius 1 is 0.848 bits per heavy atom. The first-order chi connectivity index (χ1) is 15.5. The standard InChI is InChI=1S/C20H23NO12/c1-10(22)28-9-16-17(29-11(2)23)18(30-12(3)24)19(31-13(4)25)20(33-16)32-15-7-5-14(6-8-15)21(26)27/h5-8,16-20H,9H2,1-4H3/t16-,17-,18+,19-,20+/m0/s1. The monoisotopic (exact) mass is 469 g/mol. The third-order valence-electron chi connectivity index (χ3n) is 4.25. The second kappa shape index (κ2) is 11.2. The molecule has 13 nitrogen and oxygen atoms in total. The number of carbonyl (C=O) groups is 4. The zero-order valence-corrected chi connectivity index (χ0v) is 18.2. The van der Waals surface area contributed by atoms with E-state index in [9.17, 15) is 29.3 Å². The largest absolute Gasteiger partial charge is 0.463 e. The second-order valence-corrected chi connectivity index (χ2v) is 6.94. The van der Waals surface area contributed by atoms with Crippen LogP contribution in [0.4, 0.5) is 5.69 Å². The van der Waals surface area contributed by atoms with Crippen LogP contribution in [0.15, 0.2) is 24.3 Å². The molecular weight excluding hydrogens is 446 g/mol. The zero-order chi connectivity index (χ0) is 24.7. The highest BCUT2D eigenvalue weighted by Crippen LogP contribution is 2.31. The summed E-state index contributed by atoms with van der Waals surface area (Å²) in [6.07, 6.45) is -6.69. The van der Waals surface area contributed by atoms with Crippen molar-refractivity contribution in [1.82, 2.24) is 0 Å². The Morgan fingerprint density at radius 2 is 1.36 bits per heavy atom. The first-order valence-corrected chi connectivity index (χ1v) is 9.69. The van der Waals surface area contributed by atoms with Gasteiger partial charge in [0, 0.05) is 39.8 Å². The molecule has 1 saturated heterocycles. The van der Waals surface area contributed by atoms with Crippen molar-refractivity contribution >= 4 is 29.6 Å². The number of nitro benzene ring substituents is 1. The summed E-state index contributed by atoms with van der Waals surface area (Å²) in [7, 11) is 0. The number of non-ortho nitro benzene ring substituents is 1. The van der Waals surface area contributed by atoms with Crippen molar-refractivity contribution in [3.05, 3.63) is 34.4 Å². The SMILES string of the molecule is CC(=O)OC[C@@H]1O[C@@H](Oc2ccc([N+](=O)[O-])cc2)[C@@H](OC(C)=O)[C@H](OC(C)=O)[C@H]1OC(C)=O. The molecule has 0 unspecified atom stereocenters. The molecule has 0 spiro atoms. The van der Waals surface area contributed by atoms with E-state index in [2.05, 4.69) is 0 Å². The molecule has 1 heterocycles. The Morgan fingerprint density at radius 3 is 1.85 bits per heavy atom. The van der Waals surface area contributed by atoms with Gasteiger partial charge in [-0.1, -0.05) is 0 Å². The van der Waals surface area contributed by atoms with E-state index in [-0.39, 0.29) is 11.4 Å². The third kappa shape index (κ3) is 7.42. The predicted molar refractivity (Wildman–Crippen MR) is 106 cm³/mol. The molecule has 1 aromatic rings.